The van der Waals surface area contributed by atoms with Gasteiger partial charge < -0.3 is 14.8 Å². The largest absolute Gasteiger partial charge is 0.491 e. The lowest BCUT2D eigenvalue weighted by Gasteiger charge is -2.24. The fraction of sp³-hybridized carbons (Fsp3) is 0.409. The molecule has 0 bridgehead atoms. The highest BCUT2D eigenvalue weighted by Crippen LogP contribution is 2.17. The Bertz CT molecular complexity index is 688. The van der Waals surface area contributed by atoms with Crippen molar-refractivity contribution in [3.05, 3.63) is 66.8 Å². The molecule has 0 heterocycles. The lowest BCUT2D eigenvalue weighted by molar-refractivity contribution is 0.0483. The molecule has 1 aromatic rings. The van der Waals surface area contributed by atoms with Crippen LogP contribution in [0.4, 0.5) is 13.6 Å². The third-order valence-corrected chi connectivity index (χ3v) is 3.62. The highest BCUT2D eigenvalue weighted by molar-refractivity contribution is 5.68. The summed E-state index contributed by atoms with van der Waals surface area (Å²) >= 11 is 0. The molecular formula is C22H29F2NO3. The summed E-state index contributed by atoms with van der Waals surface area (Å²) in [6, 6.07) is 2.56. The average Bonchev–Trinajstić information content (AvgIpc) is 2.56. The zero-order valence-electron chi connectivity index (χ0n) is 16.8. The number of carbonyl (C=O) groups is 1. The topological polar surface area (TPSA) is 47.6 Å². The fourth-order valence-electron chi connectivity index (χ4n) is 2.44. The van der Waals surface area contributed by atoms with Crippen LogP contribution in [0.3, 0.4) is 0 Å². The molecule has 6 heteroatoms. The summed E-state index contributed by atoms with van der Waals surface area (Å²) in [5.41, 5.74) is 0.392. The Morgan fingerprint density at radius 3 is 2.39 bits per heavy atom. The maximum Gasteiger partial charge on any atom is 0.407 e. The summed E-state index contributed by atoms with van der Waals surface area (Å²) in [5, 5.41) is 2.76. The summed E-state index contributed by atoms with van der Waals surface area (Å²) in [6.45, 7) is 12.8. The second-order valence-electron chi connectivity index (χ2n) is 7.33. The second kappa shape index (κ2) is 11.3. The summed E-state index contributed by atoms with van der Waals surface area (Å²) in [5.74, 6) is -1.39. The number of nitrogens with one attached hydrogen (secondary N) is 1. The van der Waals surface area contributed by atoms with Crippen LogP contribution >= 0.6 is 0 Å². The molecule has 0 unspecified atom stereocenters. The van der Waals surface area contributed by atoms with Crippen molar-refractivity contribution in [3.63, 3.8) is 0 Å². The number of amides is 1. The first-order valence-corrected chi connectivity index (χ1v) is 9.15. The number of benzene rings is 1. The zero-order valence-corrected chi connectivity index (χ0v) is 16.8. The standard InChI is InChI=1S/C22H29F2NO3/c1-6-9-16(7-2)10-8-11-19(25-21(26)28-22(3,4)5)15-27-20-13-17(23)12-18(24)14-20/h6-7,9,12-14,19H,1-2,8,10-11,15H2,3-5H3,(H,25,26)/b16-9+/t19-/m1/s1. The lowest BCUT2D eigenvalue weighted by Crippen LogP contribution is -2.42. The number of allylic oxidation sites excluding steroid dienone is 4. The van der Waals surface area contributed by atoms with Crippen LogP contribution in [0.5, 0.6) is 5.75 Å². The van der Waals surface area contributed by atoms with E-state index in [1.54, 1.807) is 32.9 Å². The number of carbonyl (C=O) groups excluding carboxylic acids is 1. The molecule has 0 radical (unpaired) electrons. The van der Waals surface area contributed by atoms with E-state index >= 15 is 0 Å². The van der Waals surface area contributed by atoms with E-state index in [1.807, 2.05) is 6.08 Å². The molecule has 1 amide bonds. The van der Waals surface area contributed by atoms with Crippen LogP contribution < -0.4 is 10.1 Å². The molecule has 0 aromatic heterocycles. The van der Waals surface area contributed by atoms with E-state index in [4.69, 9.17) is 9.47 Å². The molecular weight excluding hydrogens is 364 g/mol. The molecule has 154 valence electrons. The van der Waals surface area contributed by atoms with Crippen LogP contribution in [0.15, 0.2) is 55.2 Å². The van der Waals surface area contributed by atoms with Crippen LogP contribution in [0.1, 0.15) is 40.0 Å². The SMILES string of the molecule is C=C/C=C(\C=C)CCC[C@H](COc1cc(F)cc(F)c1)NC(=O)OC(C)(C)C. The van der Waals surface area contributed by atoms with Crippen molar-refractivity contribution in [2.24, 2.45) is 0 Å². The molecule has 0 aliphatic carbocycles. The molecule has 0 spiro atoms. The zero-order chi connectivity index (χ0) is 21.2. The predicted octanol–water partition coefficient (Wildman–Crippen LogP) is 5.71. The van der Waals surface area contributed by atoms with Gasteiger partial charge in [0, 0.05) is 18.2 Å². The lowest BCUT2D eigenvalue weighted by atomic mass is 10.0. The Kier molecular flexibility index (Phi) is 9.42. The Hall–Kier alpha value is -2.63. The van der Waals surface area contributed by atoms with E-state index in [1.165, 1.54) is 0 Å². The Morgan fingerprint density at radius 1 is 1.21 bits per heavy atom. The number of hydrogen-bond acceptors (Lipinski definition) is 3. The predicted molar refractivity (Wildman–Crippen MR) is 107 cm³/mol. The molecule has 1 atom stereocenters. The molecule has 0 saturated carbocycles. The molecule has 4 nitrogen and oxygen atoms in total. The summed E-state index contributed by atoms with van der Waals surface area (Å²) in [7, 11) is 0. The van der Waals surface area contributed by atoms with Crippen LogP contribution in [-0.4, -0.2) is 24.3 Å². The minimum atomic E-state index is -0.725. The van der Waals surface area contributed by atoms with Crippen molar-refractivity contribution in [3.8, 4) is 5.75 Å². The summed E-state index contributed by atoms with van der Waals surface area (Å²) in [6.07, 6.45) is 6.81. The van der Waals surface area contributed by atoms with Gasteiger partial charge in [-0.15, -0.1) is 0 Å². The van der Waals surface area contributed by atoms with Crippen LogP contribution in [-0.2, 0) is 4.74 Å². The molecule has 0 aliphatic rings. The first-order chi connectivity index (χ1) is 13.1. The monoisotopic (exact) mass is 393 g/mol. The highest BCUT2D eigenvalue weighted by Gasteiger charge is 2.20. The summed E-state index contributed by atoms with van der Waals surface area (Å²) < 4.78 is 37.4. The number of alkyl carbamates (subject to hydrolysis) is 1. The van der Waals surface area contributed by atoms with Gasteiger partial charge in [0.15, 0.2) is 0 Å². The van der Waals surface area contributed by atoms with E-state index < -0.39 is 29.4 Å². The quantitative estimate of drug-likeness (QED) is 0.518. The van der Waals surface area contributed by atoms with E-state index in [-0.39, 0.29) is 12.4 Å². The van der Waals surface area contributed by atoms with E-state index in [9.17, 15) is 13.6 Å². The highest BCUT2D eigenvalue weighted by atomic mass is 19.1. The fourth-order valence-corrected chi connectivity index (χ4v) is 2.44. The van der Waals surface area contributed by atoms with E-state index in [0.29, 0.717) is 6.42 Å². The van der Waals surface area contributed by atoms with Gasteiger partial charge in [-0.25, -0.2) is 13.6 Å². The van der Waals surface area contributed by atoms with Gasteiger partial charge in [-0.1, -0.05) is 31.4 Å². The maximum atomic E-state index is 13.3. The van der Waals surface area contributed by atoms with Gasteiger partial charge in [-0.2, -0.15) is 0 Å². The van der Waals surface area contributed by atoms with Crippen molar-refractivity contribution in [2.45, 2.75) is 51.7 Å². The van der Waals surface area contributed by atoms with Crippen molar-refractivity contribution in [2.75, 3.05) is 6.61 Å². The number of rotatable bonds is 10. The van der Waals surface area contributed by atoms with Crippen molar-refractivity contribution in [1.29, 1.82) is 0 Å². The minimum absolute atomic E-state index is 0.0523. The minimum Gasteiger partial charge on any atom is -0.491 e. The second-order valence-corrected chi connectivity index (χ2v) is 7.33. The van der Waals surface area contributed by atoms with Crippen LogP contribution in [0.25, 0.3) is 0 Å². The van der Waals surface area contributed by atoms with Gasteiger partial charge >= 0.3 is 6.09 Å². The molecule has 0 aliphatic heterocycles. The number of hydrogen-bond donors (Lipinski definition) is 1. The third kappa shape index (κ3) is 9.90. The molecule has 1 rings (SSSR count). The molecule has 1 aromatic carbocycles. The van der Waals surface area contributed by atoms with Crippen LogP contribution in [0.2, 0.25) is 0 Å². The van der Waals surface area contributed by atoms with Gasteiger partial charge in [-0.05, 0) is 45.6 Å². The van der Waals surface area contributed by atoms with Crippen molar-refractivity contribution < 1.29 is 23.0 Å². The van der Waals surface area contributed by atoms with E-state index in [2.05, 4.69) is 18.5 Å². The molecule has 0 saturated heterocycles. The number of ether oxygens (including phenoxy) is 2. The third-order valence-electron chi connectivity index (χ3n) is 3.62. The number of halogens is 2. The van der Waals surface area contributed by atoms with Gasteiger partial charge in [0.05, 0.1) is 6.04 Å². The Balaban J connectivity index is 2.72. The Morgan fingerprint density at radius 2 is 1.86 bits per heavy atom. The normalized spacial score (nSPS) is 12.8. The smallest absolute Gasteiger partial charge is 0.407 e. The molecule has 1 N–H and O–H groups in total. The molecule has 0 fully saturated rings. The first kappa shape index (κ1) is 23.4. The average molecular weight is 393 g/mol. The van der Waals surface area contributed by atoms with Gasteiger partial charge in [0.25, 0.3) is 0 Å². The summed E-state index contributed by atoms with van der Waals surface area (Å²) in [4.78, 5) is 12.1. The Labute approximate surface area is 165 Å². The van der Waals surface area contributed by atoms with Crippen molar-refractivity contribution in [1.82, 2.24) is 5.32 Å². The van der Waals surface area contributed by atoms with E-state index in [0.717, 1.165) is 36.6 Å². The van der Waals surface area contributed by atoms with Crippen molar-refractivity contribution >= 4 is 6.09 Å². The van der Waals surface area contributed by atoms with Gasteiger partial charge in [-0.3, -0.25) is 0 Å². The van der Waals surface area contributed by atoms with Gasteiger partial charge in [0.2, 0.25) is 0 Å². The van der Waals surface area contributed by atoms with Crippen LogP contribution in [0, 0.1) is 11.6 Å². The first-order valence-electron chi connectivity index (χ1n) is 9.15. The molecule has 28 heavy (non-hydrogen) atoms. The van der Waals surface area contributed by atoms with Gasteiger partial charge in [0.1, 0.15) is 29.6 Å². The maximum absolute atomic E-state index is 13.3.